The molecule has 0 saturated heterocycles. The number of aromatic carboxylic acids is 1. The Labute approximate surface area is 140 Å². The highest BCUT2D eigenvalue weighted by Crippen LogP contribution is 2.15. The summed E-state index contributed by atoms with van der Waals surface area (Å²) < 4.78 is 13.8. The Morgan fingerprint density at radius 3 is 2.54 bits per heavy atom. The monoisotopic (exact) mass is 329 g/mol. The topological polar surface area (TPSA) is 57.6 Å². The van der Waals surface area contributed by atoms with Crippen molar-refractivity contribution in [2.24, 2.45) is 0 Å². The van der Waals surface area contributed by atoms with Gasteiger partial charge in [-0.3, -0.25) is 4.79 Å². The average molecular weight is 329 g/mol. The van der Waals surface area contributed by atoms with Crippen LogP contribution < -0.4 is 0 Å². The third-order valence-corrected chi connectivity index (χ3v) is 3.89. The van der Waals surface area contributed by atoms with Crippen LogP contribution in [0.25, 0.3) is 0 Å². The van der Waals surface area contributed by atoms with Gasteiger partial charge < -0.3 is 10.0 Å². The molecular formula is C19H20FNO3. The molecule has 2 aromatic rings. The van der Waals surface area contributed by atoms with E-state index in [2.05, 4.69) is 0 Å². The molecule has 0 aliphatic carbocycles. The quantitative estimate of drug-likeness (QED) is 0.883. The number of aryl methyl sites for hydroxylation is 2. The number of hydrogen-bond donors (Lipinski definition) is 1. The molecule has 1 amide bonds. The van der Waals surface area contributed by atoms with Crippen LogP contribution >= 0.6 is 0 Å². The van der Waals surface area contributed by atoms with Crippen molar-refractivity contribution in [1.29, 1.82) is 0 Å². The van der Waals surface area contributed by atoms with Crippen LogP contribution in [0.15, 0.2) is 42.5 Å². The summed E-state index contributed by atoms with van der Waals surface area (Å²) in [5.74, 6) is -1.50. The van der Waals surface area contributed by atoms with Crippen LogP contribution in [0, 0.1) is 12.7 Å². The van der Waals surface area contributed by atoms with Gasteiger partial charge in [0.2, 0.25) is 5.91 Å². The Bertz CT molecular complexity index is 758. The predicted octanol–water partition coefficient (Wildman–Crippen LogP) is 3.42. The molecule has 24 heavy (non-hydrogen) atoms. The molecule has 5 heteroatoms. The first-order valence-electron chi connectivity index (χ1n) is 7.68. The Balaban J connectivity index is 2.00. The van der Waals surface area contributed by atoms with Gasteiger partial charge >= 0.3 is 5.97 Å². The summed E-state index contributed by atoms with van der Waals surface area (Å²) in [6, 6.07) is 11.4. The van der Waals surface area contributed by atoms with E-state index in [0.29, 0.717) is 17.5 Å². The first-order chi connectivity index (χ1) is 11.4. The number of carbonyl (C=O) groups is 2. The Hall–Kier alpha value is -2.69. The number of amides is 1. The van der Waals surface area contributed by atoms with Gasteiger partial charge in [-0.05, 0) is 31.0 Å². The number of halogens is 1. The second kappa shape index (κ2) is 7.73. The van der Waals surface area contributed by atoms with Crippen LogP contribution in [0.5, 0.6) is 0 Å². The van der Waals surface area contributed by atoms with E-state index in [1.807, 2.05) is 6.92 Å². The number of carbonyl (C=O) groups excluding carboxylic acids is 1. The molecule has 126 valence electrons. The summed E-state index contributed by atoms with van der Waals surface area (Å²) in [7, 11) is 1.62. The van der Waals surface area contributed by atoms with E-state index in [9.17, 15) is 14.0 Å². The highest BCUT2D eigenvalue weighted by atomic mass is 19.1. The number of carboxylic acids is 1. The lowest BCUT2D eigenvalue weighted by atomic mass is 10.0. The SMILES string of the molecule is Cc1ccc(F)c(CN(C)C(=O)CCc2ccccc2C(=O)O)c1. The molecule has 1 N–H and O–H groups in total. The van der Waals surface area contributed by atoms with Crippen molar-refractivity contribution in [2.45, 2.75) is 26.3 Å². The molecule has 0 spiro atoms. The van der Waals surface area contributed by atoms with Gasteiger partial charge in [-0.2, -0.15) is 0 Å². The van der Waals surface area contributed by atoms with E-state index >= 15 is 0 Å². The third kappa shape index (κ3) is 4.41. The van der Waals surface area contributed by atoms with Crippen molar-refractivity contribution in [2.75, 3.05) is 7.05 Å². The van der Waals surface area contributed by atoms with Crippen LogP contribution in [0.3, 0.4) is 0 Å². The summed E-state index contributed by atoms with van der Waals surface area (Å²) in [5.41, 5.74) is 2.23. The minimum Gasteiger partial charge on any atom is -0.478 e. The van der Waals surface area contributed by atoms with Crippen LogP contribution in [0.2, 0.25) is 0 Å². The normalized spacial score (nSPS) is 10.5. The molecule has 0 saturated carbocycles. The molecule has 0 fully saturated rings. The minimum absolute atomic E-state index is 0.156. The number of rotatable bonds is 6. The molecule has 0 aliphatic rings. The van der Waals surface area contributed by atoms with Gasteiger partial charge in [-0.25, -0.2) is 9.18 Å². The first kappa shape index (κ1) is 17.7. The molecule has 0 radical (unpaired) electrons. The van der Waals surface area contributed by atoms with E-state index in [-0.39, 0.29) is 30.3 Å². The minimum atomic E-state index is -1.01. The first-order valence-corrected chi connectivity index (χ1v) is 7.68. The van der Waals surface area contributed by atoms with Gasteiger partial charge in [0.25, 0.3) is 0 Å². The van der Waals surface area contributed by atoms with Crippen molar-refractivity contribution in [1.82, 2.24) is 4.90 Å². The Morgan fingerprint density at radius 2 is 1.83 bits per heavy atom. The molecule has 4 nitrogen and oxygen atoms in total. The van der Waals surface area contributed by atoms with Crippen molar-refractivity contribution in [3.63, 3.8) is 0 Å². The maximum atomic E-state index is 13.8. The summed E-state index contributed by atoms with van der Waals surface area (Å²) in [4.78, 5) is 24.9. The maximum Gasteiger partial charge on any atom is 0.335 e. The highest BCUT2D eigenvalue weighted by molar-refractivity contribution is 5.89. The lowest BCUT2D eigenvalue weighted by Crippen LogP contribution is -2.27. The lowest BCUT2D eigenvalue weighted by Gasteiger charge is -2.18. The summed E-state index contributed by atoms with van der Waals surface area (Å²) >= 11 is 0. The van der Waals surface area contributed by atoms with E-state index in [0.717, 1.165) is 5.56 Å². The zero-order chi connectivity index (χ0) is 17.7. The van der Waals surface area contributed by atoms with E-state index < -0.39 is 5.97 Å². The van der Waals surface area contributed by atoms with E-state index in [1.165, 1.54) is 17.0 Å². The average Bonchev–Trinajstić information content (AvgIpc) is 2.56. The van der Waals surface area contributed by atoms with E-state index in [4.69, 9.17) is 5.11 Å². The van der Waals surface area contributed by atoms with Crippen molar-refractivity contribution < 1.29 is 19.1 Å². The number of carboxylic acid groups (broad SMARTS) is 1. The second-order valence-electron chi connectivity index (χ2n) is 5.81. The summed E-state index contributed by atoms with van der Waals surface area (Å²) in [5, 5.41) is 9.15. The largest absolute Gasteiger partial charge is 0.478 e. The number of hydrogen-bond acceptors (Lipinski definition) is 2. The molecule has 0 bridgehead atoms. The van der Waals surface area contributed by atoms with Crippen molar-refractivity contribution in [3.05, 3.63) is 70.5 Å². The molecular weight excluding hydrogens is 309 g/mol. The van der Waals surface area contributed by atoms with Crippen LogP contribution in [-0.2, 0) is 17.8 Å². The number of benzene rings is 2. The molecule has 2 aromatic carbocycles. The smallest absolute Gasteiger partial charge is 0.335 e. The Kier molecular flexibility index (Phi) is 5.68. The highest BCUT2D eigenvalue weighted by Gasteiger charge is 2.14. The van der Waals surface area contributed by atoms with Gasteiger partial charge in [0.05, 0.1) is 5.56 Å². The summed E-state index contributed by atoms with van der Waals surface area (Å²) in [6.07, 6.45) is 0.510. The van der Waals surface area contributed by atoms with Crippen molar-refractivity contribution >= 4 is 11.9 Å². The van der Waals surface area contributed by atoms with Crippen LogP contribution in [0.1, 0.15) is 33.5 Å². The predicted molar refractivity (Wildman–Crippen MR) is 89.3 cm³/mol. The molecule has 2 rings (SSSR count). The standard InChI is InChI=1S/C19H20FNO3/c1-13-7-9-17(20)15(11-13)12-21(2)18(22)10-8-14-5-3-4-6-16(14)19(23)24/h3-7,9,11H,8,10,12H2,1-2H3,(H,23,24). The molecule has 0 aliphatic heterocycles. The zero-order valence-electron chi connectivity index (χ0n) is 13.8. The third-order valence-electron chi connectivity index (χ3n) is 3.89. The Morgan fingerprint density at radius 1 is 1.12 bits per heavy atom. The molecule has 0 atom stereocenters. The summed E-state index contributed by atoms with van der Waals surface area (Å²) in [6.45, 7) is 2.06. The number of nitrogens with zero attached hydrogens (tertiary/aromatic N) is 1. The zero-order valence-corrected chi connectivity index (χ0v) is 13.8. The molecule has 0 unspecified atom stereocenters. The maximum absolute atomic E-state index is 13.8. The van der Waals surface area contributed by atoms with Gasteiger partial charge in [-0.15, -0.1) is 0 Å². The fraction of sp³-hybridized carbons (Fsp3) is 0.263. The van der Waals surface area contributed by atoms with Gasteiger partial charge in [0.15, 0.2) is 0 Å². The fourth-order valence-electron chi connectivity index (χ4n) is 2.55. The fourth-order valence-corrected chi connectivity index (χ4v) is 2.55. The second-order valence-corrected chi connectivity index (χ2v) is 5.81. The van der Waals surface area contributed by atoms with Gasteiger partial charge in [-0.1, -0.05) is 35.9 Å². The van der Waals surface area contributed by atoms with Crippen molar-refractivity contribution in [3.8, 4) is 0 Å². The lowest BCUT2D eigenvalue weighted by molar-refractivity contribution is -0.130. The molecule has 0 aromatic heterocycles. The van der Waals surface area contributed by atoms with Crippen LogP contribution in [-0.4, -0.2) is 28.9 Å². The van der Waals surface area contributed by atoms with Gasteiger partial charge in [0, 0.05) is 25.6 Å². The molecule has 0 heterocycles. The van der Waals surface area contributed by atoms with E-state index in [1.54, 1.807) is 37.4 Å². The van der Waals surface area contributed by atoms with Gasteiger partial charge in [0.1, 0.15) is 5.82 Å². The van der Waals surface area contributed by atoms with Crippen LogP contribution in [0.4, 0.5) is 4.39 Å².